The van der Waals surface area contributed by atoms with E-state index in [-0.39, 0.29) is 0 Å². The minimum absolute atomic E-state index is 0.302. The second kappa shape index (κ2) is 9.99. The Bertz CT molecular complexity index is 412. The van der Waals surface area contributed by atoms with Gasteiger partial charge in [-0.2, -0.15) is 0 Å². The van der Waals surface area contributed by atoms with Gasteiger partial charge in [0.25, 0.3) is 0 Å². The Morgan fingerprint density at radius 1 is 1.50 bits per heavy atom. The van der Waals surface area contributed by atoms with Crippen molar-refractivity contribution in [3.05, 3.63) is 21.3 Å². The quantitative estimate of drug-likeness (QED) is 0.390. The number of rotatable bonds is 8. The van der Waals surface area contributed by atoms with Gasteiger partial charge < -0.3 is 20.5 Å². The van der Waals surface area contributed by atoms with Crippen molar-refractivity contribution in [2.75, 3.05) is 33.4 Å². The second-order valence-corrected chi connectivity index (χ2v) is 5.90. The number of aliphatic hydroxyl groups excluding tert-OH is 1. The van der Waals surface area contributed by atoms with Crippen LogP contribution < -0.4 is 10.6 Å². The first kappa shape index (κ1) is 17.2. The molecule has 0 spiro atoms. The third kappa shape index (κ3) is 6.56. The second-order valence-electron chi connectivity index (χ2n) is 4.15. The summed E-state index contributed by atoms with van der Waals surface area (Å²) in [6, 6.07) is 3.61. The zero-order chi connectivity index (χ0) is 14.8. The molecule has 0 saturated heterocycles. The number of methoxy groups -OCH3 is 1. The van der Waals surface area contributed by atoms with Crippen LogP contribution >= 0.6 is 22.9 Å². The SMILES string of the molecule is CCNC(=NCC(O)c1ccc(Cl)s1)NCCCOC. The lowest BCUT2D eigenvalue weighted by atomic mass is 10.3. The molecule has 1 heterocycles. The molecule has 0 aliphatic rings. The topological polar surface area (TPSA) is 65.9 Å². The normalized spacial score (nSPS) is 13.3. The summed E-state index contributed by atoms with van der Waals surface area (Å²) in [6.07, 6.45) is 0.284. The first-order chi connectivity index (χ1) is 9.67. The highest BCUT2D eigenvalue weighted by Gasteiger charge is 2.10. The van der Waals surface area contributed by atoms with Gasteiger partial charge >= 0.3 is 0 Å². The summed E-state index contributed by atoms with van der Waals surface area (Å²) in [7, 11) is 1.68. The van der Waals surface area contributed by atoms with Crippen LogP contribution in [0.1, 0.15) is 24.3 Å². The van der Waals surface area contributed by atoms with Crippen molar-refractivity contribution in [1.29, 1.82) is 0 Å². The standard InChI is InChI=1S/C13H22ClN3O2S/c1-3-15-13(16-7-4-8-19-2)17-9-10(18)11-5-6-12(14)20-11/h5-6,10,18H,3-4,7-9H2,1-2H3,(H2,15,16,17). The minimum Gasteiger partial charge on any atom is -0.386 e. The lowest BCUT2D eigenvalue weighted by Gasteiger charge is -2.12. The zero-order valence-electron chi connectivity index (χ0n) is 11.9. The monoisotopic (exact) mass is 319 g/mol. The molecule has 0 aromatic carbocycles. The van der Waals surface area contributed by atoms with Crippen molar-refractivity contribution in [1.82, 2.24) is 10.6 Å². The van der Waals surface area contributed by atoms with Crippen LogP contribution in [0.4, 0.5) is 0 Å². The molecule has 0 radical (unpaired) electrons. The van der Waals surface area contributed by atoms with Gasteiger partial charge in [0.05, 0.1) is 10.9 Å². The number of thiophene rings is 1. The predicted molar refractivity (Wildman–Crippen MR) is 84.8 cm³/mol. The van der Waals surface area contributed by atoms with Gasteiger partial charge in [0.2, 0.25) is 0 Å². The molecule has 0 aliphatic heterocycles. The van der Waals surface area contributed by atoms with E-state index in [4.69, 9.17) is 16.3 Å². The Morgan fingerprint density at radius 2 is 2.30 bits per heavy atom. The molecule has 7 heteroatoms. The fraction of sp³-hybridized carbons (Fsp3) is 0.615. The number of hydrogen-bond acceptors (Lipinski definition) is 4. The van der Waals surface area contributed by atoms with Gasteiger partial charge in [-0.15, -0.1) is 11.3 Å². The van der Waals surface area contributed by atoms with E-state index in [2.05, 4.69) is 15.6 Å². The molecule has 0 fully saturated rings. The molecule has 114 valence electrons. The molecule has 0 bridgehead atoms. The summed E-state index contributed by atoms with van der Waals surface area (Å²) in [5.74, 6) is 0.699. The number of aliphatic imine (C=N–C) groups is 1. The van der Waals surface area contributed by atoms with Crippen LogP contribution in [0.2, 0.25) is 4.34 Å². The highest BCUT2D eigenvalue weighted by atomic mass is 35.5. The van der Waals surface area contributed by atoms with Gasteiger partial charge in [-0.1, -0.05) is 11.6 Å². The van der Waals surface area contributed by atoms with Crippen LogP contribution in [0.3, 0.4) is 0 Å². The highest BCUT2D eigenvalue weighted by molar-refractivity contribution is 7.16. The van der Waals surface area contributed by atoms with Crippen molar-refractivity contribution in [3.8, 4) is 0 Å². The average Bonchev–Trinajstić information content (AvgIpc) is 2.87. The molecule has 5 nitrogen and oxygen atoms in total. The summed E-state index contributed by atoms with van der Waals surface area (Å²) in [5.41, 5.74) is 0. The van der Waals surface area contributed by atoms with E-state index in [1.165, 1.54) is 11.3 Å². The van der Waals surface area contributed by atoms with Crippen molar-refractivity contribution in [3.63, 3.8) is 0 Å². The minimum atomic E-state index is -0.623. The zero-order valence-corrected chi connectivity index (χ0v) is 13.4. The molecule has 1 atom stereocenters. The van der Waals surface area contributed by atoms with Gasteiger partial charge in [0.15, 0.2) is 5.96 Å². The Hall–Kier alpha value is -0.820. The lowest BCUT2D eigenvalue weighted by molar-refractivity contribution is 0.190. The van der Waals surface area contributed by atoms with E-state index in [1.807, 2.05) is 13.0 Å². The van der Waals surface area contributed by atoms with Crippen LogP contribution in [0.5, 0.6) is 0 Å². The van der Waals surface area contributed by atoms with E-state index < -0.39 is 6.10 Å². The van der Waals surface area contributed by atoms with Crippen molar-refractivity contribution < 1.29 is 9.84 Å². The smallest absolute Gasteiger partial charge is 0.191 e. The van der Waals surface area contributed by atoms with Gasteiger partial charge in [0, 0.05) is 31.7 Å². The lowest BCUT2D eigenvalue weighted by Crippen LogP contribution is -2.38. The van der Waals surface area contributed by atoms with E-state index in [9.17, 15) is 5.11 Å². The maximum atomic E-state index is 10.0. The molecule has 0 amide bonds. The number of nitrogens with one attached hydrogen (secondary N) is 2. The fourth-order valence-electron chi connectivity index (χ4n) is 1.54. The van der Waals surface area contributed by atoms with Gasteiger partial charge in [0.1, 0.15) is 6.10 Å². The summed E-state index contributed by atoms with van der Waals surface area (Å²) in [5, 5.41) is 16.4. The van der Waals surface area contributed by atoms with Crippen molar-refractivity contribution in [2.45, 2.75) is 19.4 Å². The van der Waals surface area contributed by atoms with Gasteiger partial charge in [-0.3, -0.25) is 4.99 Å². The summed E-state index contributed by atoms with van der Waals surface area (Å²) >= 11 is 7.22. The van der Waals surface area contributed by atoms with Crippen LogP contribution in [-0.4, -0.2) is 44.4 Å². The van der Waals surface area contributed by atoms with E-state index in [0.29, 0.717) is 23.4 Å². The molecular weight excluding hydrogens is 298 g/mol. The molecule has 1 aromatic heterocycles. The first-order valence-corrected chi connectivity index (χ1v) is 7.81. The number of nitrogens with zero attached hydrogens (tertiary/aromatic N) is 1. The van der Waals surface area contributed by atoms with Crippen LogP contribution in [0.25, 0.3) is 0 Å². The van der Waals surface area contributed by atoms with Crippen LogP contribution in [0, 0.1) is 0 Å². The summed E-state index contributed by atoms with van der Waals surface area (Å²) in [4.78, 5) is 5.19. The fourth-order valence-corrected chi connectivity index (χ4v) is 2.58. The Labute approximate surface area is 129 Å². The maximum absolute atomic E-state index is 10.0. The predicted octanol–water partition coefficient (Wildman–Crippen LogP) is 2.03. The summed E-state index contributed by atoms with van der Waals surface area (Å²) in [6.45, 7) is 4.57. The number of guanidine groups is 1. The molecule has 0 aliphatic carbocycles. The molecular formula is C13H22ClN3O2S. The number of halogens is 1. The van der Waals surface area contributed by atoms with E-state index in [1.54, 1.807) is 13.2 Å². The Balaban J connectivity index is 2.44. The largest absolute Gasteiger partial charge is 0.386 e. The number of ether oxygens (including phenoxy) is 1. The third-order valence-electron chi connectivity index (χ3n) is 2.51. The van der Waals surface area contributed by atoms with Crippen LogP contribution in [-0.2, 0) is 4.74 Å². The van der Waals surface area contributed by atoms with Gasteiger partial charge in [-0.25, -0.2) is 0 Å². The molecule has 3 N–H and O–H groups in total. The van der Waals surface area contributed by atoms with Crippen LogP contribution in [0.15, 0.2) is 17.1 Å². The summed E-state index contributed by atoms with van der Waals surface area (Å²) < 4.78 is 5.66. The Morgan fingerprint density at radius 3 is 2.90 bits per heavy atom. The molecule has 1 aromatic rings. The van der Waals surface area contributed by atoms with Crippen molar-refractivity contribution >= 4 is 28.9 Å². The molecule has 1 unspecified atom stereocenters. The highest BCUT2D eigenvalue weighted by Crippen LogP contribution is 2.26. The molecule has 20 heavy (non-hydrogen) atoms. The Kier molecular flexibility index (Phi) is 8.60. The van der Waals surface area contributed by atoms with E-state index in [0.717, 1.165) is 24.4 Å². The average molecular weight is 320 g/mol. The number of aliphatic hydroxyl groups is 1. The van der Waals surface area contributed by atoms with Gasteiger partial charge in [-0.05, 0) is 25.5 Å². The molecule has 1 rings (SSSR count). The molecule has 0 saturated carbocycles. The van der Waals surface area contributed by atoms with Crippen molar-refractivity contribution in [2.24, 2.45) is 4.99 Å². The maximum Gasteiger partial charge on any atom is 0.191 e. The first-order valence-electron chi connectivity index (χ1n) is 6.61. The number of hydrogen-bond donors (Lipinski definition) is 3. The third-order valence-corrected chi connectivity index (χ3v) is 3.84. The van der Waals surface area contributed by atoms with E-state index >= 15 is 0 Å².